The van der Waals surface area contributed by atoms with Gasteiger partial charge in [-0.3, -0.25) is 10.1 Å². The minimum Gasteiger partial charge on any atom is -0.481 e. The number of anilines is 1. The highest BCUT2D eigenvalue weighted by atomic mass is 16.6. The maximum Gasteiger partial charge on any atom is 0.414 e. The first-order valence-corrected chi connectivity index (χ1v) is 5.79. The van der Waals surface area contributed by atoms with Crippen LogP contribution in [-0.2, 0) is 16.0 Å². The molecule has 0 saturated heterocycles. The second-order valence-corrected chi connectivity index (χ2v) is 4.94. The van der Waals surface area contributed by atoms with Gasteiger partial charge >= 0.3 is 12.1 Å². The summed E-state index contributed by atoms with van der Waals surface area (Å²) in [4.78, 5) is 29.7. The third kappa shape index (κ3) is 6.35. The number of carboxylic acids is 1. The molecule has 0 bridgehead atoms. The SMILES string of the molecule is CC(C)(C)OC(=O)Nc1ncc(CCC(=O)O)cn1. The standard InChI is InChI=1S/C12H17N3O4/c1-12(2,3)19-11(18)15-10-13-6-8(7-14-10)4-5-9(16)17/h6-7H,4-5H2,1-3H3,(H,16,17)(H,13,14,15,18). The van der Waals surface area contributed by atoms with Gasteiger partial charge in [0, 0.05) is 18.8 Å². The van der Waals surface area contributed by atoms with E-state index in [1.165, 1.54) is 12.4 Å². The zero-order valence-corrected chi connectivity index (χ0v) is 11.1. The molecule has 0 atom stereocenters. The average molecular weight is 267 g/mol. The summed E-state index contributed by atoms with van der Waals surface area (Å²) in [6.45, 7) is 5.26. The molecule has 19 heavy (non-hydrogen) atoms. The Morgan fingerprint density at radius 1 is 1.32 bits per heavy atom. The Kier molecular flexibility index (Phi) is 4.80. The normalized spacial score (nSPS) is 10.9. The molecule has 104 valence electrons. The molecule has 0 radical (unpaired) electrons. The molecular weight excluding hydrogens is 250 g/mol. The fraction of sp³-hybridized carbons (Fsp3) is 0.500. The summed E-state index contributed by atoms with van der Waals surface area (Å²) in [5.41, 5.74) is 0.100. The quantitative estimate of drug-likeness (QED) is 0.863. The molecule has 0 fully saturated rings. The third-order valence-electron chi connectivity index (χ3n) is 1.95. The Morgan fingerprint density at radius 2 is 1.89 bits per heavy atom. The van der Waals surface area contributed by atoms with E-state index in [0.717, 1.165) is 0 Å². The summed E-state index contributed by atoms with van der Waals surface area (Å²) in [7, 11) is 0. The van der Waals surface area contributed by atoms with Gasteiger partial charge in [-0.05, 0) is 32.8 Å². The Balaban J connectivity index is 2.52. The molecule has 1 amide bonds. The van der Waals surface area contributed by atoms with E-state index in [2.05, 4.69) is 15.3 Å². The summed E-state index contributed by atoms with van der Waals surface area (Å²) >= 11 is 0. The molecule has 0 aliphatic heterocycles. The predicted octanol–water partition coefficient (Wildman–Crippen LogP) is 1.84. The van der Waals surface area contributed by atoms with Crippen molar-refractivity contribution in [3.8, 4) is 0 Å². The first-order valence-electron chi connectivity index (χ1n) is 5.79. The molecule has 1 aromatic rings. The molecule has 0 spiro atoms. The maximum atomic E-state index is 11.4. The Labute approximate surface area is 111 Å². The Morgan fingerprint density at radius 3 is 2.37 bits per heavy atom. The lowest BCUT2D eigenvalue weighted by molar-refractivity contribution is -0.136. The van der Waals surface area contributed by atoms with Crippen molar-refractivity contribution in [1.29, 1.82) is 0 Å². The highest BCUT2D eigenvalue weighted by Gasteiger charge is 2.16. The number of nitrogens with one attached hydrogen (secondary N) is 1. The number of carbonyl (C=O) groups excluding carboxylic acids is 1. The van der Waals surface area contributed by atoms with Crippen molar-refractivity contribution in [2.75, 3.05) is 5.32 Å². The number of hydrogen-bond donors (Lipinski definition) is 2. The predicted molar refractivity (Wildman–Crippen MR) is 67.8 cm³/mol. The topological polar surface area (TPSA) is 101 Å². The van der Waals surface area contributed by atoms with E-state index in [1.807, 2.05) is 0 Å². The van der Waals surface area contributed by atoms with E-state index in [-0.39, 0.29) is 12.4 Å². The summed E-state index contributed by atoms with van der Waals surface area (Å²) in [5.74, 6) is -0.760. The number of hydrogen-bond acceptors (Lipinski definition) is 5. The summed E-state index contributed by atoms with van der Waals surface area (Å²) in [6.07, 6.45) is 2.68. The number of aromatic nitrogens is 2. The van der Waals surface area contributed by atoms with Crippen LogP contribution in [0, 0.1) is 0 Å². The number of nitrogens with zero attached hydrogens (tertiary/aromatic N) is 2. The molecule has 0 aromatic carbocycles. The van der Waals surface area contributed by atoms with E-state index < -0.39 is 17.7 Å². The minimum absolute atomic E-state index is 0.0161. The largest absolute Gasteiger partial charge is 0.481 e. The van der Waals surface area contributed by atoms with Gasteiger partial charge in [-0.15, -0.1) is 0 Å². The van der Waals surface area contributed by atoms with Crippen LogP contribution in [0.1, 0.15) is 32.8 Å². The van der Waals surface area contributed by atoms with Crippen molar-refractivity contribution < 1.29 is 19.4 Å². The van der Waals surface area contributed by atoms with Gasteiger partial charge in [0.2, 0.25) is 5.95 Å². The van der Waals surface area contributed by atoms with Crippen LogP contribution in [0.4, 0.5) is 10.7 Å². The molecule has 1 heterocycles. The van der Waals surface area contributed by atoms with Crippen LogP contribution in [0.25, 0.3) is 0 Å². The van der Waals surface area contributed by atoms with Crippen molar-refractivity contribution >= 4 is 18.0 Å². The van der Waals surface area contributed by atoms with Crippen molar-refractivity contribution in [3.05, 3.63) is 18.0 Å². The maximum absolute atomic E-state index is 11.4. The van der Waals surface area contributed by atoms with E-state index in [1.54, 1.807) is 20.8 Å². The number of amides is 1. The van der Waals surface area contributed by atoms with Crippen LogP contribution < -0.4 is 5.32 Å². The number of ether oxygens (including phenoxy) is 1. The number of aliphatic carboxylic acids is 1. The Hall–Kier alpha value is -2.18. The van der Waals surface area contributed by atoms with Gasteiger partial charge in [-0.25, -0.2) is 14.8 Å². The lowest BCUT2D eigenvalue weighted by atomic mass is 10.2. The second-order valence-electron chi connectivity index (χ2n) is 4.94. The van der Waals surface area contributed by atoms with Crippen LogP contribution in [0.3, 0.4) is 0 Å². The lowest BCUT2D eigenvalue weighted by Gasteiger charge is -2.19. The molecule has 1 aromatic heterocycles. The zero-order chi connectivity index (χ0) is 14.5. The van der Waals surface area contributed by atoms with Gasteiger partial charge in [0.25, 0.3) is 0 Å². The van der Waals surface area contributed by atoms with Gasteiger partial charge in [0.05, 0.1) is 0 Å². The molecule has 0 saturated carbocycles. The van der Waals surface area contributed by atoms with Crippen molar-refractivity contribution in [1.82, 2.24) is 9.97 Å². The summed E-state index contributed by atoms with van der Waals surface area (Å²) in [5, 5.41) is 10.9. The van der Waals surface area contributed by atoms with E-state index in [9.17, 15) is 9.59 Å². The molecule has 0 aliphatic carbocycles. The third-order valence-corrected chi connectivity index (χ3v) is 1.95. The first-order chi connectivity index (χ1) is 8.76. The molecule has 0 unspecified atom stereocenters. The number of aryl methyl sites for hydroxylation is 1. The monoisotopic (exact) mass is 267 g/mol. The van der Waals surface area contributed by atoms with Crippen LogP contribution in [0.5, 0.6) is 0 Å². The summed E-state index contributed by atoms with van der Waals surface area (Å²) in [6, 6.07) is 0. The van der Waals surface area contributed by atoms with Gasteiger partial charge in [0.1, 0.15) is 5.60 Å². The summed E-state index contributed by atoms with van der Waals surface area (Å²) < 4.78 is 5.04. The van der Waals surface area contributed by atoms with Crippen LogP contribution in [0.15, 0.2) is 12.4 Å². The molecule has 2 N–H and O–H groups in total. The van der Waals surface area contributed by atoms with Crippen LogP contribution in [0.2, 0.25) is 0 Å². The van der Waals surface area contributed by atoms with Crippen LogP contribution >= 0.6 is 0 Å². The molecule has 7 heteroatoms. The highest BCUT2D eigenvalue weighted by Crippen LogP contribution is 2.09. The minimum atomic E-state index is -0.879. The van der Waals surface area contributed by atoms with Gasteiger partial charge in [-0.2, -0.15) is 0 Å². The molecule has 7 nitrogen and oxygen atoms in total. The fourth-order valence-electron chi connectivity index (χ4n) is 1.19. The molecule has 0 aliphatic rings. The van der Waals surface area contributed by atoms with Crippen molar-refractivity contribution in [2.45, 2.75) is 39.2 Å². The number of rotatable bonds is 4. The molecular formula is C12H17N3O4. The highest BCUT2D eigenvalue weighted by molar-refractivity contribution is 5.82. The second kappa shape index (κ2) is 6.12. The molecule has 1 rings (SSSR count). The van der Waals surface area contributed by atoms with E-state index >= 15 is 0 Å². The smallest absolute Gasteiger partial charge is 0.414 e. The average Bonchev–Trinajstić information content (AvgIpc) is 2.25. The van der Waals surface area contributed by atoms with Gasteiger partial charge in [-0.1, -0.05) is 0 Å². The van der Waals surface area contributed by atoms with E-state index in [0.29, 0.717) is 12.0 Å². The number of carboxylic acid groups (broad SMARTS) is 1. The van der Waals surface area contributed by atoms with Gasteiger partial charge in [0.15, 0.2) is 0 Å². The van der Waals surface area contributed by atoms with Crippen molar-refractivity contribution in [2.24, 2.45) is 0 Å². The van der Waals surface area contributed by atoms with Crippen LogP contribution in [-0.4, -0.2) is 32.7 Å². The van der Waals surface area contributed by atoms with Crippen molar-refractivity contribution in [3.63, 3.8) is 0 Å². The van der Waals surface area contributed by atoms with Gasteiger partial charge < -0.3 is 9.84 Å². The van der Waals surface area contributed by atoms with E-state index in [4.69, 9.17) is 9.84 Å². The Bertz CT molecular complexity index is 451. The number of carbonyl (C=O) groups is 2. The lowest BCUT2D eigenvalue weighted by Crippen LogP contribution is -2.27. The fourth-order valence-corrected chi connectivity index (χ4v) is 1.19. The first kappa shape index (κ1) is 14.9. The zero-order valence-electron chi connectivity index (χ0n) is 11.1.